The van der Waals surface area contributed by atoms with Gasteiger partial charge in [-0.05, 0) is 99.1 Å². The standard InChI is InChI=1S/C39H41F3N6O5/c1-3-23-15-26(9-7-22(23)2)44-34-19-35(49)47(39(53)45-34)13-6-4-5-12-46-14-11-24(20-46)36(43)27-18-33-28(17-30(27)41)37(50)29(38(51)52)21-48(33)32-10-8-25(40)16-31(32)42/h7-10,15-19,21,24,36,44H,3-6,11-14,20,43H2,1-2H3,(H,45,53)(H,51,52). The molecule has 1 saturated heterocycles. The summed E-state index contributed by atoms with van der Waals surface area (Å²) in [5.74, 6) is -4.03. The largest absolute Gasteiger partial charge is 0.477 e. The van der Waals surface area contributed by atoms with Crippen molar-refractivity contribution in [1.82, 2.24) is 19.0 Å². The van der Waals surface area contributed by atoms with Gasteiger partial charge in [-0.3, -0.25) is 19.1 Å². The highest BCUT2D eigenvalue weighted by atomic mass is 19.1. The Morgan fingerprint density at radius 2 is 1.77 bits per heavy atom. The number of aromatic carboxylic acids is 1. The first-order chi connectivity index (χ1) is 25.3. The second-order valence-electron chi connectivity index (χ2n) is 13.6. The van der Waals surface area contributed by atoms with Gasteiger partial charge < -0.3 is 25.6 Å². The van der Waals surface area contributed by atoms with Gasteiger partial charge in [0.15, 0.2) is 0 Å². The molecule has 0 bridgehead atoms. The molecule has 278 valence electrons. The van der Waals surface area contributed by atoms with Crippen LogP contribution in [0, 0.1) is 30.3 Å². The molecule has 2 unspecified atom stereocenters. The molecule has 6 rings (SSSR count). The third-order valence-corrected chi connectivity index (χ3v) is 10.1. The molecule has 2 atom stereocenters. The number of hydrogen-bond donors (Lipinski definition) is 4. The van der Waals surface area contributed by atoms with E-state index in [0.717, 1.165) is 67.0 Å². The van der Waals surface area contributed by atoms with Crippen molar-refractivity contribution >= 4 is 28.4 Å². The summed E-state index contributed by atoms with van der Waals surface area (Å²) < 4.78 is 46.5. The number of rotatable bonds is 13. The molecule has 1 aliphatic heterocycles. The summed E-state index contributed by atoms with van der Waals surface area (Å²) in [4.78, 5) is 55.3. The van der Waals surface area contributed by atoms with Crippen LogP contribution in [-0.4, -0.2) is 49.7 Å². The molecule has 5 N–H and O–H groups in total. The van der Waals surface area contributed by atoms with Crippen molar-refractivity contribution in [3.8, 4) is 5.69 Å². The maximum atomic E-state index is 15.6. The Labute approximate surface area is 302 Å². The number of nitrogens with zero attached hydrogens (tertiary/aromatic N) is 3. The number of hydrogen-bond acceptors (Lipinski definition) is 7. The molecule has 0 saturated carbocycles. The van der Waals surface area contributed by atoms with Gasteiger partial charge in [-0.2, -0.15) is 0 Å². The molecule has 3 aromatic carbocycles. The van der Waals surface area contributed by atoms with Crippen LogP contribution in [0.1, 0.15) is 65.7 Å². The van der Waals surface area contributed by atoms with E-state index in [2.05, 4.69) is 22.1 Å². The first-order valence-electron chi connectivity index (χ1n) is 17.6. The molecule has 0 aliphatic carbocycles. The molecule has 0 radical (unpaired) electrons. The van der Waals surface area contributed by atoms with Gasteiger partial charge in [0.2, 0.25) is 5.43 Å². The summed E-state index contributed by atoms with van der Waals surface area (Å²) in [6.45, 7) is 6.39. The van der Waals surface area contributed by atoms with Gasteiger partial charge in [0.25, 0.3) is 5.56 Å². The molecule has 3 heterocycles. The summed E-state index contributed by atoms with van der Waals surface area (Å²) in [7, 11) is 0. The second kappa shape index (κ2) is 15.6. The molecule has 14 heteroatoms. The number of nitrogens with two attached hydrogens (primary N) is 1. The van der Waals surface area contributed by atoms with Crippen LogP contribution in [0.5, 0.6) is 0 Å². The Hall–Kier alpha value is -5.47. The van der Waals surface area contributed by atoms with Gasteiger partial charge in [0, 0.05) is 54.1 Å². The number of likely N-dealkylation sites (tertiary alicyclic amines) is 1. The van der Waals surface area contributed by atoms with E-state index in [1.807, 2.05) is 25.1 Å². The summed E-state index contributed by atoms with van der Waals surface area (Å²) in [5.41, 5.74) is 7.13. The first kappa shape index (κ1) is 37.3. The zero-order valence-electron chi connectivity index (χ0n) is 29.4. The lowest BCUT2D eigenvalue weighted by Gasteiger charge is -2.22. The number of benzene rings is 3. The molecule has 2 aromatic heterocycles. The van der Waals surface area contributed by atoms with E-state index in [-0.39, 0.29) is 34.6 Å². The lowest BCUT2D eigenvalue weighted by Crippen LogP contribution is -2.35. The van der Waals surface area contributed by atoms with Crippen molar-refractivity contribution in [1.29, 1.82) is 0 Å². The van der Waals surface area contributed by atoms with E-state index in [9.17, 15) is 33.1 Å². The summed E-state index contributed by atoms with van der Waals surface area (Å²) in [6.07, 6.45) is 4.66. The fourth-order valence-electron chi connectivity index (χ4n) is 7.13. The van der Waals surface area contributed by atoms with Crippen molar-refractivity contribution < 1.29 is 23.1 Å². The second-order valence-corrected chi connectivity index (χ2v) is 13.6. The Kier molecular flexibility index (Phi) is 11.0. The molecule has 0 amide bonds. The molecule has 5 aromatic rings. The molecular weight excluding hydrogens is 689 g/mol. The number of fused-ring (bicyclic) bond motifs is 1. The maximum absolute atomic E-state index is 15.6. The topological polar surface area (TPSA) is 155 Å². The van der Waals surface area contributed by atoms with Gasteiger partial charge in [0.1, 0.15) is 28.8 Å². The average Bonchev–Trinajstić information content (AvgIpc) is 3.59. The summed E-state index contributed by atoms with van der Waals surface area (Å²) >= 11 is 0. The lowest BCUT2D eigenvalue weighted by molar-refractivity contribution is 0.0695. The van der Waals surface area contributed by atoms with Gasteiger partial charge in [-0.15, -0.1) is 0 Å². The number of unbranched alkanes of at least 4 members (excludes halogenated alkanes) is 2. The molecule has 1 aliphatic rings. The SMILES string of the molecule is CCc1cc(Nc2cc(=O)n(CCCCCN3CCC(C(N)c4cc5c(cc4F)c(=O)c(C(=O)O)cn5-c4ccc(F)cc4F)C3)c(=O)[nH]2)ccc1C. The van der Waals surface area contributed by atoms with Crippen LogP contribution < -0.4 is 27.7 Å². The van der Waals surface area contributed by atoms with E-state index >= 15 is 4.39 Å². The fraction of sp³-hybridized carbons (Fsp3) is 0.333. The van der Waals surface area contributed by atoms with Gasteiger partial charge in [-0.25, -0.2) is 22.8 Å². The van der Waals surface area contributed by atoms with Crippen molar-refractivity contribution in [2.24, 2.45) is 11.7 Å². The zero-order valence-corrected chi connectivity index (χ0v) is 29.4. The average molecular weight is 731 g/mol. The minimum absolute atomic E-state index is 0.0351. The van der Waals surface area contributed by atoms with Crippen LogP contribution in [0.15, 0.2) is 75.2 Å². The zero-order chi connectivity index (χ0) is 38.0. The predicted octanol–water partition coefficient (Wildman–Crippen LogP) is 5.76. The summed E-state index contributed by atoms with van der Waals surface area (Å²) in [5, 5.41) is 12.4. The van der Waals surface area contributed by atoms with Crippen LogP contribution in [0.2, 0.25) is 0 Å². The van der Waals surface area contributed by atoms with Crippen molar-refractivity contribution in [3.63, 3.8) is 0 Å². The number of carboxylic acid groups (broad SMARTS) is 1. The Balaban J connectivity index is 1.07. The van der Waals surface area contributed by atoms with Crippen LogP contribution in [-0.2, 0) is 13.0 Å². The number of anilines is 2. The molecule has 0 spiro atoms. The molecule has 1 fully saturated rings. The fourth-order valence-corrected chi connectivity index (χ4v) is 7.13. The van der Waals surface area contributed by atoms with E-state index in [4.69, 9.17) is 5.73 Å². The minimum atomic E-state index is -1.57. The normalized spacial score (nSPS) is 15.2. The highest BCUT2D eigenvalue weighted by molar-refractivity contribution is 5.93. The minimum Gasteiger partial charge on any atom is -0.477 e. The first-order valence-corrected chi connectivity index (χ1v) is 17.6. The van der Waals surface area contributed by atoms with Crippen LogP contribution in [0.4, 0.5) is 24.7 Å². The third kappa shape index (κ3) is 7.98. The molecule has 53 heavy (non-hydrogen) atoms. The van der Waals surface area contributed by atoms with E-state index in [1.54, 1.807) is 0 Å². The number of aryl methyl sites for hydroxylation is 2. The Bertz CT molecular complexity index is 2340. The number of H-pyrrole nitrogens is 1. The van der Waals surface area contributed by atoms with Crippen LogP contribution >= 0.6 is 0 Å². The van der Waals surface area contributed by atoms with E-state index < -0.39 is 51.7 Å². The quantitative estimate of drug-likeness (QED) is 0.112. The Morgan fingerprint density at radius 1 is 1.00 bits per heavy atom. The number of aromatic nitrogens is 3. The number of carboxylic acids is 1. The number of carbonyl (C=O) groups is 1. The maximum Gasteiger partial charge on any atom is 0.341 e. The van der Waals surface area contributed by atoms with Gasteiger partial charge in [0.05, 0.1) is 11.2 Å². The van der Waals surface area contributed by atoms with Crippen molar-refractivity contribution in [2.75, 3.05) is 25.0 Å². The predicted molar refractivity (Wildman–Crippen MR) is 197 cm³/mol. The smallest absolute Gasteiger partial charge is 0.341 e. The van der Waals surface area contributed by atoms with E-state index in [1.165, 1.54) is 27.8 Å². The molecule has 11 nitrogen and oxygen atoms in total. The van der Waals surface area contributed by atoms with Crippen LogP contribution in [0.25, 0.3) is 16.6 Å². The van der Waals surface area contributed by atoms with Gasteiger partial charge in [-0.1, -0.05) is 19.4 Å². The Morgan fingerprint density at radius 3 is 2.49 bits per heavy atom. The number of halogens is 3. The number of nitrogens with one attached hydrogen (secondary N) is 2. The van der Waals surface area contributed by atoms with Crippen molar-refractivity contribution in [3.05, 3.63) is 132 Å². The van der Waals surface area contributed by atoms with Crippen LogP contribution in [0.3, 0.4) is 0 Å². The van der Waals surface area contributed by atoms with E-state index in [0.29, 0.717) is 31.3 Å². The number of pyridine rings is 1. The van der Waals surface area contributed by atoms with Crippen molar-refractivity contribution in [2.45, 2.75) is 58.5 Å². The summed E-state index contributed by atoms with van der Waals surface area (Å²) in [6, 6.07) is 11.5. The lowest BCUT2D eigenvalue weighted by atomic mass is 9.91. The highest BCUT2D eigenvalue weighted by Gasteiger charge is 2.30. The highest BCUT2D eigenvalue weighted by Crippen LogP contribution is 2.33. The monoisotopic (exact) mass is 730 g/mol. The number of aromatic amines is 1. The third-order valence-electron chi connectivity index (χ3n) is 10.1. The van der Waals surface area contributed by atoms with Gasteiger partial charge >= 0.3 is 11.7 Å². The molecular formula is C39H41F3N6O5.